The number of hydrogen-bond donors (Lipinski definition) is 2. The van der Waals surface area contributed by atoms with Gasteiger partial charge in [-0.1, -0.05) is 50.7 Å². The van der Waals surface area contributed by atoms with Crippen LogP contribution in [0.25, 0.3) is 0 Å². The molecule has 0 bridgehead atoms. The van der Waals surface area contributed by atoms with Gasteiger partial charge in [0.25, 0.3) is 5.91 Å². The first-order chi connectivity index (χ1) is 9.38. The summed E-state index contributed by atoms with van der Waals surface area (Å²) in [6, 6.07) is 8.04. The van der Waals surface area contributed by atoms with Gasteiger partial charge in [0.2, 0.25) is 0 Å². The van der Waals surface area contributed by atoms with E-state index in [1.165, 1.54) is 12.1 Å². The number of benzene rings is 2. The number of amides is 1. The summed E-state index contributed by atoms with van der Waals surface area (Å²) >= 11 is 21.1. The first-order valence-electron chi connectivity index (χ1n) is 5.39. The Hall–Kier alpha value is -0.940. The van der Waals surface area contributed by atoms with Crippen molar-refractivity contribution in [1.82, 2.24) is 0 Å². The first-order valence-corrected chi connectivity index (χ1v) is 7.32. The van der Waals surface area contributed by atoms with Gasteiger partial charge >= 0.3 is 0 Å². The van der Waals surface area contributed by atoms with Gasteiger partial charge in [-0.15, -0.1) is 0 Å². The van der Waals surface area contributed by atoms with Crippen LogP contribution in [-0.4, -0.2) is 5.91 Å². The monoisotopic (exact) mass is 392 g/mol. The summed E-state index contributed by atoms with van der Waals surface area (Å²) in [7, 11) is 0. The predicted octanol–water partition coefficient (Wildman–Crippen LogP) is 5.24. The van der Waals surface area contributed by atoms with E-state index in [9.17, 15) is 4.79 Å². The highest BCUT2D eigenvalue weighted by molar-refractivity contribution is 9.10. The van der Waals surface area contributed by atoms with Crippen LogP contribution < -0.4 is 11.1 Å². The van der Waals surface area contributed by atoms with Gasteiger partial charge in [0.05, 0.1) is 26.4 Å². The zero-order chi connectivity index (χ0) is 14.9. The Kier molecular flexibility index (Phi) is 4.81. The minimum atomic E-state index is -0.381. The number of rotatable bonds is 2. The molecule has 0 unspecified atom stereocenters. The van der Waals surface area contributed by atoms with Crippen LogP contribution in [0.5, 0.6) is 0 Å². The molecule has 0 spiro atoms. The largest absolute Gasteiger partial charge is 0.396 e. The highest BCUT2D eigenvalue weighted by Gasteiger charge is 2.13. The molecule has 0 aliphatic rings. The van der Waals surface area contributed by atoms with E-state index >= 15 is 0 Å². The van der Waals surface area contributed by atoms with Crippen LogP contribution in [-0.2, 0) is 0 Å². The van der Waals surface area contributed by atoms with Crippen molar-refractivity contribution in [2.45, 2.75) is 0 Å². The van der Waals surface area contributed by atoms with Crippen LogP contribution >= 0.6 is 50.7 Å². The third-order valence-electron chi connectivity index (χ3n) is 2.52. The van der Waals surface area contributed by atoms with Gasteiger partial charge in [0, 0.05) is 10.0 Å². The number of nitrogen functional groups attached to an aromatic ring is 1. The quantitative estimate of drug-likeness (QED) is 0.684. The second-order valence-corrected chi connectivity index (χ2v) is 6.07. The van der Waals surface area contributed by atoms with Gasteiger partial charge in [-0.3, -0.25) is 4.79 Å². The number of carbonyl (C=O) groups excluding carboxylic acids is 1. The molecule has 104 valence electrons. The first kappa shape index (κ1) is 15.4. The van der Waals surface area contributed by atoms with E-state index in [2.05, 4.69) is 21.2 Å². The standard InChI is InChI=1S/C13H8BrCl3N2O/c14-7-1-2-8(15)11(5-7)19-13(20)6-3-9(16)12(18)10(17)4-6/h1-5H,18H2,(H,19,20). The van der Waals surface area contributed by atoms with Crippen molar-refractivity contribution in [3.05, 3.63) is 55.4 Å². The van der Waals surface area contributed by atoms with Crippen molar-refractivity contribution in [3.8, 4) is 0 Å². The third-order valence-corrected chi connectivity index (χ3v) is 3.97. The van der Waals surface area contributed by atoms with Crippen LogP contribution in [0, 0.1) is 0 Å². The van der Waals surface area contributed by atoms with Crippen LogP contribution in [0.3, 0.4) is 0 Å². The molecule has 0 aliphatic carbocycles. The summed E-state index contributed by atoms with van der Waals surface area (Å²) in [6.07, 6.45) is 0. The lowest BCUT2D eigenvalue weighted by atomic mass is 10.2. The molecule has 7 heteroatoms. The molecule has 3 N–H and O–H groups in total. The van der Waals surface area contributed by atoms with Crippen LogP contribution in [0.15, 0.2) is 34.8 Å². The molecule has 2 aromatic rings. The Labute approximate surface area is 139 Å². The highest BCUT2D eigenvalue weighted by atomic mass is 79.9. The fourth-order valence-electron chi connectivity index (χ4n) is 1.50. The van der Waals surface area contributed by atoms with Crippen LogP contribution in [0.4, 0.5) is 11.4 Å². The zero-order valence-electron chi connectivity index (χ0n) is 9.88. The summed E-state index contributed by atoms with van der Waals surface area (Å²) < 4.78 is 0.797. The molecule has 1 amide bonds. The van der Waals surface area contributed by atoms with Crippen molar-refractivity contribution in [2.24, 2.45) is 0 Å². The number of nitrogens with one attached hydrogen (secondary N) is 1. The molecule has 0 fully saturated rings. The molecular weight excluding hydrogens is 386 g/mol. The zero-order valence-corrected chi connectivity index (χ0v) is 13.7. The van der Waals surface area contributed by atoms with E-state index in [0.29, 0.717) is 16.3 Å². The topological polar surface area (TPSA) is 55.1 Å². The van der Waals surface area contributed by atoms with Gasteiger partial charge in [0.1, 0.15) is 0 Å². The molecule has 0 atom stereocenters. The van der Waals surface area contributed by atoms with Crippen LogP contribution in [0.2, 0.25) is 15.1 Å². The minimum absolute atomic E-state index is 0.225. The summed E-state index contributed by atoms with van der Waals surface area (Å²) in [4.78, 5) is 12.2. The summed E-state index contributed by atoms with van der Waals surface area (Å²) in [5, 5.41) is 3.56. The molecule has 0 aliphatic heterocycles. The average molecular weight is 394 g/mol. The molecule has 0 heterocycles. The maximum absolute atomic E-state index is 12.2. The Morgan fingerprint density at radius 3 is 2.25 bits per heavy atom. The van der Waals surface area contributed by atoms with Gasteiger partial charge in [-0.25, -0.2) is 0 Å². The fraction of sp³-hybridized carbons (Fsp3) is 0. The van der Waals surface area contributed by atoms with E-state index in [1.807, 2.05) is 0 Å². The van der Waals surface area contributed by atoms with E-state index in [0.717, 1.165) is 4.47 Å². The summed E-state index contributed by atoms with van der Waals surface area (Å²) in [5.41, 5.74) is 6.64. The molecular formula is C13H8BrCl3N2O. The molecule has 2 rings (SSSR count). The Morgan fingerprint density at radius 2 is 1.65 bits per heavy atom. The second kappa shape index (κ2) is 6.22. The van der Waals surface area contributed by atoms with Crippen molar-refractivity contribution >= 4 is 68.0 Å². The van der Waals surface area contributed by atoms with E-state index < -0.39 is 0 Å². The van der Waals surface area contributed by atoms with Crippen LogP contribution in [0.1, 0.15) is 10.4 Å². The van der Waals surface area contributed by atoms with E-state index in [-0.39, 0.29) is 21.6 Å². The number of hydrogen-bond acceptors (Lipinski definition) is 2. The molecule has 3 nitrogen and oxygen atoms in total. The molecule has 2 aromatic carbocycles. The number of halogens is 4. The lowest BCUT2D eigenvalue weighted by Gasteiger charge is -2.09. The van der Waals surface area contributed by atoms with Gasteiger partial charge < -0.3 is 11.1 Å². The number of carbonyl (C=O) groups is 1. The molecule has 0 aromatic heterocycles. The van der Waals surface area contributed by atoms with E-state index in [1.54, 1.807) is 18.2 Å². The van der Waals surface area contributed by atoms with Gasteiger partial charge in [-0.2, -0.15) is 0 Å². The maximum atomic E-state index is 12.2. The normalized spacial score (nSPS) is 10.4. The Bertz CT molecular complexity index is 668. The minimum Gasteiger partial charge on any atom is -0.396 e. The maximum Gasteiger partial charge on any atom is 0.255 e. The fourth-order valence-corrected chi connectivity index (χ4v) is 2.52. The number of nitrogens with two attached hydrogens (primary N) is 1. The van der Waals surface area contributed by atoms with Crippen molar-refractivity contribution < 1.29 is 4.79 Å². The second-order valence-electron chi connectivity index (χ2n) is 3.93. The molecule has 0 saturated heterocycles. The van der Waals surface area contributed by atoms with E-state index in [4.69, 9.17) is 40.5 Å². The number of anilines is 2. The molecule has 20 heavy (non-hydrogen) atoms. The highest BCUT2D eigenvalue weighted by Crippen LogP contribution is 2.30. The summed E-state index contributed by atoms with van der Waals surface area (Å²) in [6.45, 7) is 0. The Morgan fingerprint density at radius 1 is 1.05 bits per heavy atom. The third kappa shape index (κ3) is 3.38. The van der Waals surface area contributed by atoms with Crippen molar-refractivity contribution in [2.75, 3.05) is 11.1 Å². The van der Waals surface area contributed by atoms with Crippen molar-refractivity contribution in [1.29, 1.82) is 0 Å². The smallest absolute Gasteiger partial charge is 0.255 e. The average Bonchev–Trinajstić information content (AvgIpc) is 2.39. The van der Waals surface area contributed by atoms with Gasteiger partial charge in [0.15, 0.2) is 0 Å². The molecule has 0 radical (unpaired) electrons. The van der Waals surface area contributed by atoms with Gasteiger partial charge in [-0.05, 0) is 30.3 Å². The SMILES string of the molecule is Nc1c(Cl)cc(C(=O)Nc2cc(Br)ccc2Cl)cc1Cl. The lowest BCUT2D eigenvalue weighted by Crippen LogP contribution is -2.12. The summed E-state index contributed by atoms with van der Waals surface area (Å²) in [5.74, 6) is -0.381. The predicted molar refractivity (Wildman–Crippen MR) is 88.0 cm³/mol. The Balaban J connectivity index is 2.31. The van der Waals surface area contributed by atoms with Crippen molar-refractivity contribution in [3.63, 3.8) is 0 Å². The molecule has 0 saturated carbocycles. The lowest BCUT2D eigenvalue weighted by molar-refractivity contribution is 0.102.